The second-order valence-corrected chi connectivity index (χ2v) is 7.48. The van der Waals surface area contributed by atoms with E-state index in [0.717, 1.165) is 28.6 Å². The zero-order valence-corrected chi connectivity index (χ0v) is 17.6. The molecule has 0 bridgehead atoms. The third-order valence-electron chi connectivity index (χ3n) is 4.25. The van der Waals surface area contributed by atoms with Gasteiger partial charge in [-0.25, -0.2) is 10.1 Å². The number of carbonyl (C=O) groups excluding carboxylic acids is 1. The van der Waals surface area contributed by atoms with Crippen LogP contribution < -0.4 is 16.6 Å². The SMILES string of the molecule is Cc1ccc(NC(=O)CSc2nnc(N/N=C/c3cccc([N+](=O)[O-])c3)n2N)cc1C. The maximum absolute atomic E-state index is 12.2. The summed E-state index contributed by atoms with van der Waals surface area (Å²) in [5.74, 6) is 5.98. The van der Waals surface area contributed by atoms with Gasteiger partial charge in [0, 0.05) is 23.4 Å². The summed E-state index contributed by atoms with van der Waals surface area (Å²) in [6.45, 7) is 3.98. The zero-order valence-electron chi connectivity index (χ0n) is 16.8. The molecular weight excluding hydrogens is 420 g/mol. The first-order valence-electron chi connectivity index (χ1n) is 9.07. The number of nitro groups is 1. The molecule has 0 unspecified atom stereocenters. The van der Waals surface area contributed by atoms with Crippen molar-refractivity contribution < 1.29 is 9.72 Å². The summed E-state index contributed by atoms with van der Waals surface area (Å²) in [6.07, 6.45) is 1.39. The third-order valence-corrected chi connectivity index (χ3v) is 5.19. The first kappa shape index (κ1) is 21.8. The predicted molar refractivity (Wildman–Crippen MR) is 120 cm³/mol. The molecule has 0 aliphatic rings. The van der Waals surface area contributed by atoms with Crippen molar-refractivity contribution in [2.24, 2.45) is 5.10 Å². The first-order valence-corrected chi connectivity index (χ1v) is 10.1. The molecule has 0 spiro atoms. The van der Waals surface area contributed by atoms with Gasteiger partial charge in [0.15, 0.2) is 0 Å². The molecule has 2 aromatic carbocycles. The number of nitrogens with one attached hydrogen (secondary N) is 2. The number of amides is 1. The number of hydrogen-bond acceptors (Lipinski definition) is 9. The highest BCUT2D eigenvalue weighted by molar-refractivity contribution is 7.99. The number of nitrogen functional groups attached to an aromatic ring is 1. The van der Waals surface area contributed by atoms with Crippen LogP contribution >= 0.6 is 11.8 Å². The maximum atomic E-state index is 12.2. The molecule has 11 nitrogen and oxygen atoms in total. The average Bonchev–Trinajstić information content (AvgIpc) is 3.09. The zero-order chi connectivity index (χ0) is 22.4. The molecule has 3 aromatic rings. The number of hydrazone groups is 1. The van der Waals surface area contributed by atoms with Crippen LogP contribution in [-0.2, 0) is 4.79 Å². The van der Waals surface area contributed by atoms with Gasteiger partial charge in [0.2, 0.25) is 11.1 Å². The van der Waals surface area contributed by atoms with E-state index in [9.17, 15) is 14.9 Å². The molecule has 1 aromatic heterocycles. The van der Waals surface area contributed by atoms with Crippen LogP contribution in [0, 0.1) is 24.0 Å². The molecule has 3 rings (SSSR count). The molecule has 12 heteroatoms. The molecule has 0 atom stereocenters. The molecule has 0 aliphatic carbocycles. The van der Waals surface area contributed by atoms with Crippen LogP contribution in [-0.4, -0.2) is 37.7 Å². The molecule has 1 heterocycles. The number of hydrogen-bond donors (Lipinski definition) is 3. The number of nitro benzene ring substituents is 1. The van der Waals surface area contributed by atoms with Gasteiger partial charge < -0.3 is 11.2 Å². The summed E-state index contributed by atoms with van der Waals surface area (Å²) in [5.41, 5.74) is 6.08. The van der Waals surface area contributed by atoms with Crippen LogP contribution in [0.2, 0.25) is 0 Å². The number of benzene rings is 2. The standard InChI is InChI=1S/C19H20N8O3S/c1-12-6-7-15(8-13(12)2)22-17(28)11-31-19-25-24-18(26(19)20)23-21-10-14-4-3-5-16(9-14)27(29)30/h3-10H,11,20H2,1-2H3,(H,22,28)(H,23,24)/b21-10+. The fourth-order valence-electron chi connectivity index (χ4n) is 2.48. The van der Waals surface area contributed by atoms with Crippen LogP contribution in [0.1, 0.15) is 16.7 Å². The third kappa shape index (κ3) is 5.79. The highest BCUT2D eigenvalue weighted by Crippen LogP contribution is 2.18. The number of non-ortho nitro benzene ring substituents is 1. The molecule has 0 saturated heterocycles. The first-order chi connectivity index (χ1) is 14.8. The van der Waals surface area contributed by atoms with E-state index in [4.69, 9.17) is 5.84 Å². The molecule has 1 amide bonds. The number of aryl methyl sites for hydroxylation is 2. The summed E-state index contributed by atoms with van der Waals surface area (Å²) in [5, 5.41) is 25.7. The van der Waals surface area contributed by atoms with Gasteiger partial charge in [-0.2, -0.15) is 5.10 Å². The summed E-state index contributed by atoms with van der Waals surface area (Å²) in [6, 6.07) is 11.7. The number of carbonyl (C=O) groups is 1. The Hall–Kier alpha value is -3.93. The van der Waals surface area contributed by atoms with Crippen molar-refractivity contribution in [3.8, 4) is 0 Å². The van der Waals surface area contributed by atoms with Gasteiger partial charge in [0.05, 0.1) is 16.9 Å². The van der Waals surface area contributed by atoms with E-state index in [1.807, 2.05) is 32.0 Å². The molecule has 0 fully saturated rings. The number of rotatable bonds is 8. The second-order valence-electron chi connectivity index (χ2n) is 6.53. The second kappa shape index (κ2) is 9.71. The van der Waals surface area contributed by atoms with Crippen LogP contribution in [0.4, 0.5) is 17.3 Å². The van der Waals surface area contributed by atoms with Crippen LogP contribution in [0.3, 0.4) is 0 Å². The maximum Gasteiger partial charge on any atom is 0.270 e. The summed E-state index contributed by atoms with van der Waals surface area (Å²) >= 11 is 1.12. The lowest BCUT2D eigenvalue weighted by molar-refractivity contribution is -0.384. The van der Waals surface area contributed by atoms with Crippen LogP contribution in [0.15, 0.2) is 52.7 Å². The Kier molecular flexibility index (Phi) is 6.82. The van der Waals surface area contributed by atoms with E-state index >= 15 is 0 Å². The Labute approximate surface area is 181 Å². The fraction of sp³-hybridized carbons (Fsp3) is 0.158. The fourth-order valence-corrected chi connectivity index (χ4v) is 3.14. The molecule has 160 valence electrons. The minimum Gasteiger partial charge on any atom is -0.334 e. The largest absolute Gasteiger partial charge is 0.334 e. The average molecular weight is 440 g/mol. The van der Waals surface area contributed by atoms with Crippen molar-refractivity contribution >= 4 is 41.2 Å². The Bertz CT molecular complexity index is 1140. The summed E-state index contributed by atoms with van der Waals surface area (Å²) in [4.78, 5) is 22.5. The quantitative estimate of drug-likeness (QED) is 0.159. The number of aromatic nitrogens is 3. The van der Waals surface area contributed by atoms with E-state index < -0.39 is 4.92 Å². The van der Waals surface area contributed by atoms with Gasteiger partial charge in [-0.3, -0.25) is 14.9 Å². The van der Waals surface area contributed by atoms with Crippen molar-refractivity contribution in [3.05, 3.63) is 69.3 Å². The minimum atomic E-state index is -0.485. The van der Waals surface area contributed by atoms with Crippen molar-refractivity contribution in [3.63, 3.8) is 0 Å². The molecule has 0 radical (unpaired) electrons. The highest BCUT2D eigenvalue weighted by atomic mass is 32.2. The molecule has 0 aliphatic heterocycles. The Morgan fingerprint density at radius 3 is 2.81 bits per heavy atom. The number of nitrogens with two attached hydrogens (primary N) is 1. The van der Waals surface area contributed by atoms with Crippen LogP contribution in [0.5, 0.6) is 0 Å². The van der Waals surface area contributed by atoms with Crippen LogP contribution in [0.25, 0.3) is 0 Å². The Morgan fingerprint density at radius 2 is 2.06 bits per heavy atom. The van der Waals surface area contributed by atoms with Gasteiger partial charge in [0.25, 0.3) is 11.6 Å². The van der Waals surface area contributed by atoms with Crippen molar-refractivity contribution in [1.82, 2.24) is 14.9 Å². The van der Waals surface area contributed by atoms with E-state index in [2.05, 4.69) is 26.0 Å². The van der Waals surface area contributed by atoms with E-state index in [1.54, 1.807) is 12.1 Å². The molecule has 4 N–H and O–H groups in total. The summed E-state index contributed by atoms with van der Waals surface area (Å²) < 4.78 is 1.17. The lowest BCUT2D eigenvalue weighted by atomic mass is 10.1. The number of anilines is 2. The highest BCUT2D eigenvalue weighted by Gasteiger charge is 2.12. The predicted octanol–water partition coefficient (Wildman–Crippen LogP) is 2.69. The van der Waals surface area contributed by atoms with Gasteiger partial charge >= 0.3 is 0 Å². The van der Waals surface area contributed by atoms with E-state index in [1.165, 1.54) is 23.0 Å². The van der Waals surface area contributed by atoms with Gasteiger partial charge in [-0.15, -0.1) is 10.2 Å². The number of nitrogens with zero attached hydrogens (tertiary/aromatic N) is 5. The number of thioether (sulfide) groups is 1. The molecule has 31 heavy (non-hydrogen) atoms. The van der Waals surface area contributed by atoms with Gasteiger partial charge in [-0.1, -0.05) is 30.0 Å². The van der Waals surface area contributed by atoms with E-state index in [-0.39, 0.29) is 23.3 Å². The summed E-state index contributed by atoms with van der Waals surface area (Å²) in [7, 11) is 0. The Morgan fingerprint density at radius 1 is 1.26 bits per heavy atom. The van der Waals surface area contributed by atoms with Crippen molar-refractivity contribution in [1.29, 1.82) is 0 Å². The normalized spacial score (nSPS) is 10.9. The van der Waals surface area contributed by atoms with Crippen molar-refractivity contribution in [2.45, 2.75) is 19.0 Å². The van der Waals surface area contributed by atoms with Gasteiger partial charge in [-0.05, 0) is 37.1 Å². The van der Waals surface area contributed by atoms with E-state index in [0.29, 0.717) is 10.7 Å². The lowest BCUT2D eigenvalue weighted by Crippen LogP contribution is -2.17. The monoisotopic (exact) mass is 440 g/mol. The van der Waals surface area contributed by atoms with Crippen molar-refractivity contribution in [2.75, 3.05) is 22.3 Å². The minimum absolute atomic E-state index is 0.0382. The smallest absolute Gasteiger partial charge is 0.270 e. The topological polar surface area (TPSA) is 153 Å². The Balaban J connectivity index is 1.55. The van der Waals surface area contributed by atoms with Gasteiger partial charge in [0.1, 0.15) is 0 Å². The molecule has 0 saturated carbocycles. The lowest BCUT2D eigenvalue weighted by Gasteiger charge is -2.07. The molecular formula is C19H20N8O3S.